The van der Waals surface area contributed by atoms with Gasteiger partial charge in [0.25, 0.3) is 5.91 Å². The molecule has 21 heavy (non-hydrogen) atoms. The first kappa shape index (κ1) is 17.2. The molecule has 2 N–H and O–H groups in total. The van der Waals surface area contributed by atoms with Crippen LogP contribution in [0.15, 0.2) is 18.2 Å². The van der Waals surface area contributed by atoms with Gasteiger partial charge < -0.3 is 20.1 Å². The minimum Gasteiger partial charge on any atom is -0.497 e. The number of hydrogen-bond acceptors (Lipinski definition) is 4. The second kappa shape index (κ2) is 7.83. The van der Waals surface area contributed by atoms with E-state index in [1.54, 1.807) is 37.3 Å². The highest BCUT2D eigenvalue weighted by Crippen LogP contribution is 2.24. The van der Waals surface area contributed by atoms with E-state index in [0.29, 0.717) is 35.0 Å². The van der Waals surface area contributed by atoms with Gasteiger partial charge in [-0.15, -0.1) is 0 Å². The lowest BCUT2D eigenvalue weighted by Crippen LogP contribution is -2.39. The molecule has 0 atom stereocenters. The molecule has 0 saturated heterocycles. The molecule has 0 radical (unpaired) electrons. The van der Waals surface area contributed by atoms with E-state index in [1.807, 2.05) is 13.8 Å². The number of methoxy groups -OCH3 is 2. The van der Waals surface area contributed by atoms with Gasteiger partial charge in [0.2, 0.25) is 0 Å². The minimum atomic E-state index is -0.0987. The number of nitrogens with zero attached hydrogens (tertiary/aromatic N) is 1. The molecule has 6 heteroatoms. The van der Waals surface area contributed by atoms with E-state index in [9.17, 15) is 4.79 Å². The van der Waals surface area contributed by atoms with E-state index in [1.165, 1.54) is 0 Å². The van der Waals surface area contributed by atoms with Crippen LogP contribution >= 0.6 is 12.2 Å². The molecule has 0 heterocycles. The maximum Gasteiger partial charge on any atom is 0.254 e. The number of hydrogen-bond donors (Lipinski definition) is 1. The van der Waals surface area contributed by atoms with E-state index in [2.05, 4.69) is 0 Å². The van der Waals surface area contributed by atoms with E-state index < -0.39 is 0 Å². The third-order valence-corrected chi connectivity index (χ3v) is 3.29. The first-order valence-electron chi connectivity index (χ1n) is 6.71. The lowest BCUT2D eigenvalue weighted by Gasteiger charge is -2.27. The molecule has 5 nitrogen and oxygen atoms in total. The molecule has 0 fully saturated rings. The Hall–Kier alpha value is -1.82. The van der Waals surface area contributed by atoms with Crippen molar-refractivity contribution in [3.63, 3.8) is 0 Å². The zero-order chi connectivity index (χ0) is 16.0. The molecule has 0 unspecified atom stereocenters. The zero-order valence-electron chi connectivity index (χ0n) is 12.9. The Bertz CT molecular complexity index is 495. The molecule has 0 aliphatic heterocycles. The van der Waals surface area contributed by atoms with Crippen LogP contribution in [-0.4, -0.2) is 42.6 Å². The van der Waals surface area contributed by atoms with Gasteiger partial charge in [-0.05, 0) is 26.0 Å². The fraction of sp³-hybridized carbons (Fsp3) is 0.467. The smallest absolute Gasteiger partial charge is 0.254 e. The number of ether oxygens (including phenoxy) is 2. The Morgan fingerprint density at radius 1 is 1.24 bits per heavy atom. The van der Waals surface area contributed by atoms with Gasteiger partial charge in [0.05, 0.1) is 19.2 Å². The summed E-state index contributed by atoms with van der Waals surface area (Å²) in [5.74, 6) is 1.06. The Morgan fingerprint density at radius 3 is 2.14 bits per heavy atom. The van der Waals surface area contributed by atoms with Crippen LogP contribution in [0.3, 0.4) is 0 Å². The Labute approximate surface area is 131 Å². The minimum absolute atomic E-state index is 0.0454. The van der Waals surface area contributed by atoms with Crippen LogP contribution in [0.2, 0.25) is 0 Å². The van der Waals surface area contributed by atoms with Crippen molar-refractivity contribution in [1.29, 1.82) is 0 Å². The SMILES string of the molecule is COc1cc(OC)cc(C(=O)N(CCC(N)=S)C(C)C)c1. The summed E-state index contributed by atoms with van der Waals surface area (Å²) in [6.07, 6.45) is 0.500. The number of rotatable bonds is 7. The van der Waals surface area contributed by atoms with Crippen LogP contribution in [0, 0.1) is 0 Å². The third-order valence-electron chi connectivity index (χ3n) is 3.08. The van der Waals surface area contributed by atoms with Gasteiger partial charge in [-0.3, -0.25) is 4.79 Å². The van der Waals surface area contributed by atoms with Crippen molar-refractivity contribution in [1.82, 2.24) is 4.90 Å². The van der Waals surface area contributed by atoms with Crippen LogP contribution in [-0.2, 0) is 0 Å². The van der Waals surface area contributed by atoms with Crippen molar-refractivity contribution in [3.8, 4) is 11.5 Å². The van der Waals surface area contributed by atoms with E-state index in [0.717, 1.165) is 0 Å². The number of amides is 1. The normalized spacial score (nSPS) is 10.3. The molecule has 0 aromatic heterocycles. The Morgan fingerprint density at radius 2 is 1.76 bits per heavy atom. The molecule has 0 aliphatic carbocycles. The lowest BCUT2D eigenvalue weighted by molar-refractivity contribution is 0.0711. The third kappa shape index (κ3) is 4.90. The van der Waals surface area contributed by atoms with Crippen molar-refractivity contribution >= 4 is 23.1 Å². The number of thiocarbonyl (C=S) groups is 1. The van der Waals surface area contributed by atoms with E-state index in [-0.39, 0.29) is 11.9 Å². The summed E-state index contributed by atoms with van der Waals surface area (Å²) in [5.41, 5.74) is 6.04. The van der Waals surface area contributed by atoms with Gasteiger partial charge in [0.1, 0.15) is 11.5 Å². The maximum atomic E-state index is 12.7. The summed E-state index contributed by atoms with van der Waals surface area (Å²) in [4.78, 5) is 14.8. The molecule has 0 bridgehead atoms. The first-order chi connectivity index (χ1) is 9.88. The fourth-order valence-corrected chi connectivity index (χ4v) is 2.01. The second-order valence-electron chi connectivity index (χ2n) is 4.91. The summed E-state index contributed by atoms with van der Waals surface area (Å²) in [7, 11) is 3.10. The van der Waals surface area contributed by atoms with Crippen LogP contribution in [0.1, 0.15) is 30.6 Å². The molecule has 0 saturated carbocycles. The first-order valence-corrected chi connectivity index (χ1v) is 7.12. The standard InChI is InChI=1S/C15H22N2O3S/c1-10(2)17(6-5-14(16)21)15(18)11-7-12(19-3)9-13(8-11)20-4/h7-10H,5-6H2,1-4H3,(H2,16,21). The lowest BCUT2D eigenvalue weighted by atomic mass is 10.1. The summed E-state index contributed by atoms with van der Waals surface area (Å²) in [6.45, 7) is 4.40. The monoisotopic (exact) mass is 310 g/mol. The Balaban J connectivity index is 3.05. The molecular formula is C15H22N2O3S. The van der Waals surface area contributed by atoms with Crippen LogP contribution < -0.4 is 15.2 Å². The second-order valence-corrected chi connectivity index (χ2v) is 5.43. The van der Waals surface area contributed by atoms with Gasteiger partial charge in [0, 0.05) is 30.6 Å². The van der Waals surface area contributed by atoms with Gasteiger partial charge in [-0.2, -0.15) is 0 Å². The zero-order valence-corrected chi connectivity index (χ0v) is 13.7. The van der Waals surface area contributed by atoms with Crippen LogP contribution in [0.25, 0.3) is 0 Å². The van der Waals surface area contributed by atoms with Crippen molar-refractivity contribution in [2.45, 2.75) is 26.3 Å². The molecule has 1 aromatic rings. The summed E-state index contributed by atoms with van der Waals surface area (Å²) >= 11 is 4.88. The largest absolute Gasteiger partial charge is 0.497 e. The van der Waals surface area contributed by atoms with Gasteiger partial charge in [-0.1, -0.05) is 12.2 Å². The summed E-state index contributed by atoms with van der Waals surface area (Å²) in [5, 5.41) is 0. The van der Waals surface area contributed by atoms with Gasteiger partial charge in [-0.25, -0.2) is 0 Å². The van der Waals surface area contributed by atoms with Crippen molar-refractivity contribution < 1.29 is 14.3 Å². The molecule has 1 aromatic carbocycles. The molecular weight excluding hydrogens is 288 g/mol. The molecule has 1 rings (SSSR count). The fourth-order valence-electron chi connectivity index (χ4n) is 1.92. The average Bonchev–Trinajstić information content (AvgIpc) is 2.45. The number of nitrogens with two attached hydrogens (primary N) is 1. The number of carbonyl (C=O) groups is 1. The maximum absolute atomic E-state index is 12.7. The quantitative estimate of drug-likeness (QED) is 0.782. The highest BCUT2D eigenvalue weighted by Gasteiger charge is 2.20. The van der Waals surface area contributed by atoms with Crippen LogP contribution in [0.4, 0.5) is 0 Å². The van der Waals surface area contributed by atoms with Crippen molar-refractivity contribution in [3.05, 3.63) is 23.8 Å². The van der Waals surface area contributed by atoms with Gasteiger partial charge in [0.15, 0.2) is 0 Å². The molecule has 116 valence electrons. The summed E-state index contributed by atoms with van der Waals surface area (Å²) in [6, 6.07) is 5.16. The van der Waals surface area contributed by atoms with Crippen LogP contribution in [0.5, 0.6) is 11.5 Å². The predicted molar refractivity (Wildman–Crippen MR) is 87.1 cm³/mol. The molecule has 0 spiro atoms. The van der Waals surface area contributed by atoms with E-state index >= 15 is 0 Å². The van der Waals surface area contributed by atoms with E-state index in [4.69, 9.17) is 27.4 Å². The molecule has 1 amide bonds. The van der Waals surface area contributed by atoms with Crippen molar-refractivity contribution in [2.75, 3.05) is 20.8 Å². The van der Waals surface area contributed by atoms with Gasteiger partial charge >= 0.3 is 0 Å². The molecule has 0 aliphatic rings. The van der Waals surface area contributed by atoms with Crippen molar-refractivity contribution in [2.24, 2.45) is 5.73 Å². The number of carbonyl (C=O) groups excluding carboxylic acids is 1. The number of benzene rings is 1. The topological polar surface area (TPSA) is 64.8 Å². The predicted octanol–water partition coefficient (Wildman–Crippen LogP) is 2.23. The Kier molecular flexibility index (Phi) is 6.42. The average molecular weight is 310 g/mol. The highest BCUT2D eigenvalue weighted by molar-refractivity contribution is 7.80. The highest BCUT2D eigenvalue weighted by atomic mass is 32.1. The summed E-state index contributed by atoms with van der Waals surface area (Å²) < 4.78 is 10.4.